The number of carbonyl (C=O) groups is 2. The normalized spacial score (nSPS) is 9.65. The topological polar surface area (TPSA) is 57.6 Å². The lowest BCUT2D eigenvalue weighted by molar-refractivity contribution is -0.138. The summed E-state index contributed by atoms with van der Waals surface area (Å²) in [6.45, 7) is 3.97. The fourth-order valence-corrected chi connectivity index (χ4v) is 1.44. The smallest absolute Gasteiger partial charge is 0.303 e. The molecule has 0 atom stereocenters. The molecule has 0 spiro atoms. The third-order valence-corrected chi connectivity index (χ3v) is 2.23. The molecule has 90 valence electrons. The molecule has 0 fully saturated rings. The number of hydrogen-bond donors (Lipinski definition) is 1. The van der Waals surface area contributed by atoms with Crippen LogP contribution in [0.3, 0.4) is 0 Å². The van der Waals surface area contributed by atoms with E-state index in [0.717, 1.165) is 5.69 Å². The van der Waals surface area contributed by atoms with Gasteiger partial charge in [0, 0.05) is 18.7 Å². The summed E-state index contributed by atoms with van der Waals surface area (Å²) < 4.78 is 0. The molecular weight excluding hydrogens is 218 g/mol. The van der Waals surface area contributed by atoms with Gasteiger partial charge in [0.1, 0.15) is 0 Å². The van der Waals surface area contributed by atoms with E-state index in [1.54, 1.807) is 6.08 Å². The summed E-state index contributed by atoms with van der Waals surface area (Å²) in [4.78, 5) is 23.8. The van der Waals surface area contributed by atoms with Crippen molar-refractivity contribution in [1.29, 1.82) is 0 Å². The standard InChI is InChI=1S/C13H15NO3/c1-2-10-14(11-6-4-3-5-7-11)12(15)8-9-13(16)17/h2-7H,1,8-10H2,(H,16,17). The van der Waals surface area contributed by atoms with Gasteiger partial charge in [-0.25, -0.2) is 0 Å². The highest BCUT2D eigenvalue weighted by molar-refractivity contribution is 5.94. The predicted molar refractivity (Wildman–Crippen MR) is 65.9 cm³/mol. The Morgan fingerprint density at radius 2 is 1.88 bits per heavy atom. The van der Waals surface area contributed by atoms with Crippen molar-refractivity contribution in [3.63, 3.8) is 0 Å². The average molecular weight is 233 g/mol. The molecule has 1 aromatic carbocycles. The lowest BCUT2D eigenvalue weighted by atomic mass is 10.2. The van der Waals surface area contributed by atoms with Gasteiger partial charge in [-0.05, 0) is 12.1 Å². The van der Waals surface area contributed by atoms with Crippen molar-refractivity contribution in [2.24, 2.45) is 0 Å². The molecule has 0 aliphatic rings. The zero-order valence-electron chi connectivity index (χ0n) is 9.50. The van der Waals surface area contributed by atoms with Gasteiger partial charge in [-0.3, -0.25) is 9.59 Å². The summed E-state index contributed by atoms with van der Waals surface area (Å²) in [6.07, 6.45) is 1.46. The number of anilines is 1. The fraction of sp³-hybridized carbons (Fsp3) is 0.231. The average Bonchev–Trinajstić information content (AvgIpc) is 2.34. The van der Waals surface area contributed by atoms with Crippen molar-refractivity contribution in [3.05, 3.63) is 43.0 Å². The first-order valence-electron chi connectivity index (χ1n) is 5.33. The Bertz CT molecular complexity index is 400. The number of benzene rings is 1. The molecule has 0 saturated carbocycles. The van der Waals surface area contributed by atoms with Gasteiger partial charge in [-0.15, -0.1) is 6.58 Å². The molecule has 4 heteroatoms. The zero-order valence-corrected chi connectivity index (χ0v) is 9.50. The predicted octanol–water partition coefficient (Wildman–Crippen LogP) is 2.07. The van der Waals surface area contributed by atoms with E-state index in [4.69, 9.17) is 5.11 Å². The Kier molecular flexibility index (Phi) is 4.94. The molecule has 1 rings (SSSR count). The van der Waals surface area contributed by atoms with Gasteiger partial charge >= 0.3 is 5.97 Å². The van der Waals surface area contributed by atoms with Crippen molar-refractivity contribution < 1.29 is 14.7 Å². The van der Waals surface area contributed by atoms with Crippen molar-refractivity contribution in [3.8, 4) is 0 Å². The molecule has 0 unspecified atom stereocenters. The number of rotatable bonds is 6. The van der Waals surface area contributed by atoms with Crippen LogP contribution in [0.25, 0.3) is 0 Å². The van der Waals surface area contributed by atoms with E-state index in [0.29, 0.717) is 6.54 Å². The number of carbonyl (C=O) groups excluding carboxylic acids is 1. The summed E-state index contributed by atoms with van der Waals surface area (Å²) in [5.41, 5.74) is 0.753. The molecule has 17 heavy (non-hydrogen) atoms. The molecule has 0 aliphatic heterocycles. The van der Waals surface area contributed by atoms with Gasteiger partial charge in [0.15, 0.2) is 0 Å². The second-order valence-electron chi connectivity index (χ2n) is 3.52. The second kappa shape index (κ2) is 6.48. The van der Waals surface area contributed by atoms with Crippen LogP contribution in [0.15, 0.2) is 43.0 Å². The highest BCUT2D eigenvalue weighted by Crippen LogP contribution is 2.14. The number of aliphatic carboxylic acids is 1. The number of carboxylic acid groups (broad SMARTS) is 1. The zero-order chi connectivity index (χ0) is 12.7. The molecule has 0 bridgehead atoms. The maximum absolute atomic E-state index is 11.9. The van der Waals surface area contributed by atoms with Crippen molar-refractivity contribution in [2.45, 2.75) is 12.8 Å². The van der Waals surface area contributed by atoms with Crippen LogP contribution >= 0.6 is 0 Å². The number of nitrogens with zero attached hydrogens (tertiary/aromatic N) is 1. The Hall–Kier alpha value is -2.10. The van der Waals surface area contributed by atoms with Crippen LogP contribution in [0, 0.1) is 0 Å². The third-order valence-electron chi connectivity index (χ3n) is 2.23. The molecule has 1 N–H and O–H groups in total. The summed E-state index contributed by atoms with van der Waals surface area (Å²) in [5, 5.41) is 8.55. The molecule has 0 heterocycles. The highest BCUT2D eigenvalue weighted by atomic mass is 16.4. The lowest BCUT2D eigenvalue weighted by Gasteiger charge is -2.20. The van der Waals surface area contributed by atoms with E-state index in [9.17, 15) is 9.59 Å². The van der Waals surface area contributed by atoms with E-state index < -0.39 is 5.97 Å². The molecule has 1 aromatic rings. The van der Waals surface area contributed by atoms with E-state index in [-0.39, 0.29) is 18.7 Å². The number of hydrogen-bond acceptors (Lipinski definition) is 2. The van der Waals surface area contributed by atoms with Crippen LogP contribution in [0.4, 0.5) is 5.69 Å². The second-order valence-corrected chi connectivity index (χ2v) is 3.52. The van der Waals surface area contributed by atoms with Gasteiger partial charge in [0.05, 0.1) is 6.42 Å². The van der Waals surface area contributed by atoms with Crippen LogP contribution in [-0.2, 0) is 9.59 Å². The first-order chi connectivity index (χ1) is 8.15. The van der Waals surface area contributed by atoms with Gasteiger partial charge in [0.2, 0.25) is 5.91 Å². The summed E-state index contributed by atoms with van der Waals surface area (Å²) in [6, 6.07) is 9.13. The maximum atomic E-state index is 11.9. The van der Waals surface area contributed by atoms with Crippen LogP contribution in [0.2, 0.25) is 0 Å². The lowest BCUT2D eigenvalue weighted by Crippen LogP contribution is -2.31. The maximum Gasteiger partial charge on any atom is 0.303 e. The SMILES string of the molecule is C=CCN(C(=O)CCC(=O)O)c1ccccc1. The Balaban J connectivity index is 2.75. The molecule has 0 radical (unpaired) electrons. The monoisotopic (exact) mass is 233 g/mol. The summed E-state index contributed by atoms with van der Waals surface area (Å²) in [5.74, 6) is -1.18. The van der Waals surface area contributed by atoms with E-state index in [1.165, 1.54) is 4.90 Å². The number of amides is 1. The molecule has 0 aromatic heterocycles. The quantitative estimate of drug-likeness (QED) is 0.765. The van der Waals surface area contributed by atoms with Crippen LogP contribution in [0.5, 0.6) is 0 Å². The molecule has 4 nitrogen and oxygen atoms in total. The van der Waals surface area contributed by atoms with Crippen LogP contribution in [-0.4, -0.2) is 23.5 Å². The minimum atomic E-state index is -0.968. The Labute approximate surface area is 100 Å². The minimum absolute atomic E-state index is 0.00192. The first kappa shape index (κ1) is 13.0. The Morgan fingerprint density at radius 1 is 1.24 bits per heavy atom. The molecule has 0 saturated heterocycles. The molecule has 0 aliphatic carbocycles. The third kappa shape index (κ3) is 4.10. The molecular formula is C13H15NO3. The van der Waals surface area contributed by atoms with Crippen LogP contribution < -0.4 is 4.90 Å². The highest BCUT2D eigenvalue weighted by Gasteiger charge is 2.14. The van der Waals surface area contributed by atoms with Gasteiger partial charge in [-0.2, -0.15) is 0 Å². The van der Waals surface area contributed by atoms with E-state index in [2.05, 4.69) is 6.58 Å². The number of para-hydroxylation sites is 1. The fourth-order valence-electron chi connectivity index (χ4n) is 1.44. The van der Waals surface area contributed by atoms with Gasteiger partial charge in [-0.1, -0.05) is 24.3 Å². The van der Waals surface area contributed by atoms with Gasteiger partial charge < -0.3 is 10.0 Å². The summed E-state index contributed by atoms with van der Waals surface area (Å²) in [7, 11) is 0. The van der Waals surface area contributed by atoms with Crippen molar-refractivity contribution in [2.75, 3.05) is 11.4 Å². The summed E-state index contributed by atoms with van der Waals surface area (Å²) >= 11 is 0. The minimum Gasteiger partial charge on any atom is -0.481 e. The van der Waals surface area contributed by atoms with E-state index >= 15 is 0 Å². The first-order valence-corrected chi connectivity index (χ1v) is 5.33. The molecule has 1 amide bonds. The number of carboxylic acids is 1. The largest absolute Gasteiger partial charge is 0.481 e. The van der Waals surface area contributed by atoms with Gasteiger partial charge in [0.25, 0.3) is 0 Å². The van der Waals surface area contributed by atoms with Crippen molar-refractivity contribution >= 4 is 17.6 Å². The Morgan fingerprint density at radius 3 is 2.41 bits per heavy atom. The van der Waals surface area contributed by atoms with Crippen LogP contribution in [0.1, 0.15) is 12.8 Å². The van der Waals surface area contributed by atoms with E-state index in [1.807, 2.05) is 30.3 Å². The van der Waals surface area contributed by atoms with Crippen molar-refractivity contribution in [1.82, 2.24) is 0 Å².